The Morgan fingerprint density at radius 1 is 1.05 bits per heavy atom. The first-order chi connectivity index (χ1) is 9.40. The molecule has 0 unspecified atom stereocenters. The van der Waals surface area contributed by atoms with Gasteiger partial charge in [0.25, 0.3) is 10.0 Å². The third kappa shape index (κ3) is 3.47. The Bertz CT molecular complexity index is 735. The molecule has 7 heteroatoms. The molecular formula is C13H9Br2NO3S. The van der Waals surface area contributed by atoms with Crippen LogP contribution < -0.4 is 0 Å². The molecule has 0 heterocycles. The number of hydrogen-bond acceptors (Lipinski definition) is 3. The molecule has 0 aliphatic heterocycles. The molecule has 0 aliphatic rings. The Balaban J connectivity index is 2.35. The topological polar surface area (TPSA) is 66.7 Å². The summed E-state index contributed by atoms with van der Waals surface area (Å²) in [5.74, 6) is 0.0491. The number of halogens is 2. The SMILES string of the molecule is O=S(=O)(/N=C\c1cc(Br)c(O)c(Br)c1)c1ccccc1. The largest absolute Gasteiger partial charge is 0.506 e. The summed E-state index contributed by atoms with van der Waals surface area (Å²) < 4.78 is 28.5. The van der Waals surface area contributed by atoms with E-state index in [1.54, 1.807) is 30.3 Å². The van der Waals surface area contributed by atoms with Crippen molar-refractivity contribution in [3.05, 3.63) is 57.0 Å². The van der Waals surface area contributed by atoms with Crippen molar-refractivity contribution < 1.29 is 13.5 Å². The first-order valence-corrected chi connectivity index (χ1v) is 8.46. The third-order valence-electron chi connectivity index (χ3n) is 2.42. The minimum atomic E-state index is -3.72. The van der Waals surface area contributed by atoms with Crippen LogP contribution in [0.25, 0.3) is 0 Å². The van der Waals surface area contributed by atoms with Crippen molar-refractivity contribution in [1.82, 2.24) is 0 Å². The predicted octanol–water partition coefficient (Wildman–Crippen LogP) is 3.73. The molecule has 0 amide bonds. The maximum absolute atomic E-state index is 12.0. The monoisotopic (exact) mass is 417 g/mol. The van der Waals surface area contributed by atoms with E-state index in [0.717, 1.165) is 0 Å². The average molecular weight is 419 g/mol. The number of nitrogens with zero attached hydrogens (tertiary/aromatic N) is 1. The van der Waals surface area contributed by atoms with Crippen molar-refractivity contribution in [2.75, 3.05) is 0 Å². The lowest BCUT2D eigenvalue weighted by molar-refractivity contribution is 0.468. The lowest BCUT2D eigenvalue weighted by Gasteiger charge is -2.02. The van der Waals surface area contributed by atoms with Crippen LogP contribution in [0.4, 0.5) is 0 Å². The molecule has 0 aliphatic carbocycles. The number of aromatic hydroxyl groups is 1. The van der Waals surface area contributed by atoms with Gasteiger partial charge in [0.1, 0.15) is 5.75 Å². The smallest absolute Gasteiger partial charge is 0.282 e. The van der Waals surface area contributed by atoms with Gasteiger partial charge in [-0.1, -0.05) is 18.2 Å². The number of benzene rings is 2. The van der Waals surface area contributed by atoms with E-state index in [2.05, 4.69) is 36.3 Å². The van der Waals surface area contributed by atoms with E-state index < -0.39 is 10.0 Å². The Labute approximate surface area is 133 Å². The second-order valence-electron chi connectivity index (χ2n) is 3.86. The predicted molar refractivity (Wildman–Crippen MR) is 84.7 cm³/mol. The van der Waals surface area contributed by atoms with Gasteiger partial charge in [-0.3, -0.25) is 0 Å². The fourth-order valence-corrected chi connectivity index (χ4v) is 3.55. The molecule has 2 rings (SSSR count). The second-order valence-corrected chi connectivity index (χ2v) is 7.20. The highest BCUT2D eigenvalue weighted by Gasteiger charge is 2.11. The zero-order chi connectivity index (χ0) is 14.8. The summed E-state index contributed by atoms with van der Waals surface area (Å²) in [6.45, 7) is 0. The lowest BCUT2D eigenvalue weighted by Crippen LogP contribution is -1.97. The molecular weight excluding hydrogens is 410 g/mol. The molecule has 2 aromatic rings. The standard InChI is InChI=1S/C13H9Br2NO3S/c14-11-6-9(7-12(15)13(11)17)8-16-20(18,19)10-4-2-1-3-5-10/h1-8,17H/b16-8-. The average Bonchev–Trinajstić information content (AvgIpc) is 2.43. The Morgan fingerprint density at radius 2 is 1.60 bits per heavy atom. The molecule has 0 radical (unpaired) electrons. The van der Waals surface area contributed by atoms with Gasteiger partial charge in [0.05, 0.1) is 13.8 Å². The lowest BCUT2D eigenvalue weighted by atomic mass is 10.2. The normalized spacial score (nSPS) is 11.9. The molecule has 0 spiro atoms. The van der Waals surface area contributed by atoms with E-state index in [-0.39, 0.29) is 10.6 Å². The van der Waals surface area contributed by atoms with Crippen molar-refractivity contribution in [2.24, 2.45) is 4.40 Å². The first-order valence-electron chi connectivity index (χ1n) is 5.43. The van der Waals surface area contributed by atoms with Gasteiger partial charge in [-0.15, -0.1) is 0 Å². The van der Waals surface area contributed by atoms with Crippen molar-refractivity contribution in [3.8, 4) is 5.75 Å². The molecule has 0 saturated heterocycles. The van der Waals surface area contributed by atoms with Crippen molar-refractivity contribution >= 4 is 48.1 Å². The van der Waals surface area contributed by atoms with Crippen LogP contribution in [0, 0.1) is 0 Å². The number of phenolic OH excluding ortho intramolecular Hbond substituents is 1. The number of phenols is 1. The maximum Gasteiger partial charge on any atom is 0.282 e. The van der Waals surface area contributed by atoms with Crippen LogP contribution in [-0.4, -0.2) is 19.7 Å². The molecule has 0 saturated carbocycles. The van der Waals surface area contributed by atoms with Gasteiger partial charge in [-0.05, 0) is 61.7 Å². The highest BCUT2D eigenvalue weighted by molar-refractivity contribution is 9.11. The molecule has 2 aromatic carbocycles. The summed E-state index contributed by atoms with van der Waals surface area (Å²) in [6.07, 6.45) is 1.23. The zero-order valence-corrected chi connectivity index (χ0v) is 14.0. The maximum atomic E-state index is 12.0. The van der Waals surface area contributed by atoms with Crippen LogP contribution in [0.5, 0.6) is 5.75 Å². The highest BCUT2D eigenvalue weighted by Crippen LogP contribution is 2.32. The molecule has 20 heavy (non-hydrogen) atoms. The van der Waals surface area contributed by atoms with Gasteiger partial charge >= 0.3 is 0 Å². The van der Waals surface area contributed by atoms with Crippen molar-refractivity contribution in [2.45, 2.75) is 4.90 Å². The number of hydrogen-bond donors (Lipinski definition) is 1. The molecule has 0 aromatic heterocycles. The third-order valence-corrected chi connectivity index (χ3v) is 4.88. The number of rotatable bonds is 3. The van der Waals surface area contributed by atoms with E-state index in [4.69, 9.17) is 0 Å². The van der Waals surface area contributed by atoms with Gasteiger partial charge in [0, 0.05) is 6.21 Å². The van der Waals surface area contributed by atoms with Crippen LogP contribution in [-0.2, 0) is 10.0 Å². The van der Waals surface area contributed by atoms with E-state index in [0.29, 0.717) is 14.5 Å². The van der Waals surface area contributed by atoms with Gasteiger partial charge in [0.2, 0.25) is 0 Å². The minimum Gasteiger partial charge on any atom is -0.506 e. The first kappa shape index (κ1) is 15.2. The van der Waals surface area contributed by atoms with E-state index in [1.807, 2.05) is 0 Å². The number of sulfonamides is 1. The van der Waals surface area contributed by atoms with Gasteiger partial charge in [-0.2, -0.15) is 12.8 Å². The van der Waals surface area contributed by atoms with Gasteiger partial charge in [0.15, 0.2) is 0 Å². The summed E-state index contributed by atoms with van der Waals surface area (Å²) in [5.41, 5.74) is 0.543. The molecule has 0 fully saturated rings. The Kier molecular flexibility index (Phi) is 4.62. The summed E-state index contributed by atoms with van der Waals surface area (Å²) in [7, 11) is -3.72. The van der Waals surface area contributed by atoms with Crippen LogP contribution >= 0.6 is 31.9 Å². The van der Waals surface area contributed by atoms with Crippen molar-refractivity contribution in [3.63, 3.8) is 0 Å². The summed E-state index contributed by atoms with van der Waals surface area (Å²) in [6, 6.07) is 11.1. The van der Waals surface area contributed by atoms with Gasteiger partial charge < -0.3 is 5.11 Å². The Morgan fingerprint density at radius 3 is 2.15 bits per heavy atom. The van der Waals surface area contributed by atoms with Gasteiger partial charge in [-0.25, -0.2) is 0 Å². The van der Waals surface area contributed by atoms with Crippen LogP contribution in [0.3, 0.4) is 0 Å². The molecule has 104 valence electrons. The fraction of sp³-hybridized carbons (Fsp3) is 0. The summed E-state index contributed by atoms with van der Waals surface area (Å²) in [4.78, 5) is 0.133. The summed E-state index contributed by atoms with van der Waals surface area (Å²) >= 11 is 6.34. The fourth-order valence-electron chi connectivity index (χ4n) is 1.44. The van der Waals surface area contributed by atoms with Crippen LogP contribution in [0.15, 0.2) is 60.7 Å². The van der Waals surface area contributed by atoms with Crippen LogP contribution in [0.2, 0.25) is 0 Å². The quantitative estimate of drug-likeness (QED) is 0.772. The zero-order valence-electron chi connectivity index (χ0n) is 9.99. The molecule has 4 nitrogen and oxygen atoms in total. The minimum absolute atomic E-state index is 0.0491. The Hall–Kier alpha value is -1.18. The van der Waals surface area contributed by atoms with E-state index >= 15 is 0 Å². The molecule has 0 bridgehead atoms. The molecule has 0 atom stereocenters. The second kappa shape index (κ2) is 6.07. The summed E-state index contributed by atoms with van der Waals surface area (Å²) in [5, 5.41) is 9.58. The highest BCUT2D eigenvalue weighted by atomic mass is 79.9. The van der Waals surface area contributed by atoms with E-state index in [1.165, 1.54) is 18.3 Å². The molecule has 1 N–H and O–H groups in total. The van der Waals surface area contributed by atoms with Crippen LogP contribution in [0.1, 0.15) is 5.56 Å². The van der Waals surface area contributed by atoms with E-state index in [9.17, 15) is 13.5 Å². The van der Waals surface area contributed by atoms with Crippen molar-refractivity contribution in [1.29, 1.82) is 0 Å².